The zero-order chi connectivity index (χ0) is 39.2. The predicted molar refractivity (Wildman–Crippen MR) is 239 cm³/mol. The van der Waals surface area contributed by atoms with E-state index in [1.54, 1.807) is 0 Å². The van der Waals surface area contributed by atoms with Crippen molar-refractivity contribution in [1.82, 2.24) is 0 Å². The Morgan fingerprint density at radius 2 is 0.982 bits per heavy atom. The van der Waals surface area contributed by atoms with E-state index in [1.165, 1.54) is 78.0 Å². The van der Waals surface area contributed by atoms with Crippen LogP contribution in [0.5, 0.6) is 0 Å². The van der Waals surface area contributed by atoms with Gasteiger partial charge in [0.05, 0.1) is 0 Å². The van der Waals surface area contributed by atoms with Gasteiger partial charge in [0.15, 0.2) is 0 Å². The summed E-state index contributed by atoms with van der Waals surface area (Å²) in [7, 11) is 0. The number of rotatable bonds is 5. The van der Waals surface area contributed by atoms with Crippen LogP contribution >= 0.6 is 0 Å². The van der Waals surface area contributed by atoms with E-state index in [2.05, 4.69) is 225 Å². The average Bonchev–Trinajstić information content (AvgIpc) is 3.59. The molecule has 1 heteroatoms. The van der Waals surface area contributed by atoms with Gasteiger partial charge in [-0.2, -0.15) is 0 Å². The highest BCUT2D eigenvalue weighted by Crippen LogP contribution is 2.58. The molecule has 0 amide bonds. The van der Waals surface area contributed by atoms with E-state index in [1.807, 2.05) is 0 Å². The fourth-order valence-corrected chi connectivity index (χ4v) is 9.67. The molecule has 0 aromatic heterocycles. The van der Waals surface area contributed by atoms with Gasteiger partial charge in [-0.1, -0.05) is 177 Å². The lowest BCUT2D eigenvalue weighted by molar-refractivity contribution is 0.553. The second-order valence-electron chi connectivity index (χ2n) is 18.8. The molecule has 1 atom stereocenters. The summed E-state index contributed by atoms with van der Waals surface area (Å²) in [5, 5.41) is 0. The first kappa shape index (κ1) is 36.0. The molecule has 0 spiro atoms. The van der Waals surface area contributed by atoms with Gasteiger partial charge in [-0.15, -0.1) is 0 Å². The molecule has 0 fully saturated rings. The highest BCUT2D eigenvalue weighted by atomic mass is 15.1. The van der Waals surface area contributed by atoms with Crippen LogP contribution in [0, 0.1) is 0 Å². The fourth-order valence-electron chi connectivity index (χ4n) is 9.67. The summed E-state index contributed by atoms with van der Waals surface area (Å²) >= 11 is 0. The standard InChI is InChI=1S/C55H53N/c1-52(2,3)39-32-46-45-34-41(29-31-48(45)55(9,38-20-14-11-15-21-38)51(46)50(33-39)53(4,5)6)56(40-26-24-37(25-27-40)36-18-12-10-13-19-36)42-28-30-44-43-22-16-17-23-47(43)54(7,8)49(44)35-42/h10-35H,1-9H3. The number of fused-ring (bicyclic) bond motifs is 6. The van der Waals surface area contributed by atoms with Gasteiger partial charge in [0, 0.05) is 27.9 Å². The number of hydrogen-bond donors (Lipinski definition) is 0. The molecule has 7 aromatic carbocycles. The van der Waals surface area contributed by atoms with Crippen LogP contribution in [-0.4, -0.2) is 0 Å². The van der Waals surface area contributed by atoms with Crippen molar-refractivity contribution in [1.29, 1.82) is 0 Å². The van der Waals surface area contributed by atoms with Gasteiger partial charge in [0.25, 0.3) is 0 Å². The summed E-state index contributed by atoms with van der Waals surface area (Å²) < 4.78 is 0. The fraction of sp³-hybridized carbons (Fsp3) is 0.236. The molecule has 56 heavy (non-hydrogen) atoms. The van der Waals surface area contributed by atoms with Crippen molar-refractivity contribution in [2.45, 2.75) is 84.0 Å². The van der Waals surface area contributed by atoms with E-state index < -0.39 is 0 Å². The second-order valence-corrected chi connectivity index (χ2v) is 18.8. The third-order valence-corrected chi connectivity index (χ3v) is 12.8. The number of benzene rings is 7. The van der Waals surface area contributed by atoms with Crippen molar-refractivity contribution in [3.63, 3.8) is 0 Å². The lowest BCUT2D eigenvalue weighted by Crippen LogP contribution is -2.28. The molecule has 1 unspecified atom stereocenters. The largest absolute Gasteiger partial charge is 0.310 e. The van der Waals surface area contributed by atoms with Gasteiger partial charge >= 0.3 is 0 Å². The van der Waals surface area contributed by atoms with Crippen molar-refractivity contribution >= 4 is 17.1 Å². The smallest absolute Gasteiger partial charge is 0.0468 e. The molecular weight excluding hydrogens is 675 g/mol. The summed E-state index contributed by atoms with van der Waals surface area (Å²) in [6.07, 6.45) is 0. The van der Waals surface area contributed by atoms with Gasteiger partial charge in [0.1, 0.15) is 0 Å². The summed E-state index contributed by atoms with van der Waals surface area (Å²) in [6, 6.07) is 59.3. The molecule has 7 aromatic rings. The van der Waals surface area contributed by atoms with Crippen molar-refractivity contribution < 1.29 is 0 Å². The maximum atomic E-state index is 2.51. The SMILES string of the molecule is CC(C)(C)c1cc2c(c(C(C)(C)C)c1)C(C)(c1ccccc1)c1ccc(N(c3ccc(-c4ccccc4)cc3)c3ccc4c(c3)C(C)(C)c3ccccc3-4)cc1-2. The number of anilines is 3. The first-order valence-corrected chi connectivity index (χ1v) is 20.3. The Bertz CT molecular complexity index is 2610. The van der Waals surface area contributed by atoms with Gasteiger partial charge in [-0.25, -0.2) is 0 Å². The van der Waals surface area contributed by atoms with Gasteiger partial charge < -0.3 is 4.90 Å². The number of hydrogen-bond acceptors (Lipinski definition) is 1. The van der Waals surface area contributed by atoms with Gasteiger partial charge in [0.2, 0.25) is 0 Å². The molecule has 0 bridgehead atoms. The summed E-state index contributed by atoms with van der Waals surface area (Å²) in [6.45, 7) is 21.4. The van der Waals surface area contributed by atoms with Crippen LogP contribution in [0.3, 0.4) is 0 Å². The first-order chi connectivity index (χ1) is 26.7. The van der Waals surface area contributed by atoms with Crippen molar-refractivity contribution in [3.05, 3.63) is 197 Å². The van der Waals surface area contributed by atoms with Gasteiger partial charge in [-0.3, -0.25) is 0 Å². The number of nitrogens with zero attached hydrogens (tertiary/aromatic N) is 1. The highest BCUT2D eigenvalue weighted by molar-refractivity contribution is 5.91. The van der Waals surface area contributed by atoms with Crippen LogP contribution in [-0.2, 0) is 21.7 Å². The topological polar surface area (TPSA) is 3.24 Å². The van der Waals surface area contributed by atoms with Crippen LogP contribution in [0.15, 0.2) is 158 Å². The Balaban J connectivity index is 1.29. The molecule has 0 radical (unpaired) electrons. The van der Waals surface area contributed by atoms with E-state index in [4.69, 9.17) is 0 Å². The third kappa shape index (κ3) is 5.58. The third-order valence-electron chi connectivity index (χ3n) is 12.8. The molecular formula is C55H53N. The minimum absolute atomic E-state index is 0.000125. The molecule has 0 saturated heterocycles. The summed E-state index contributed by atoms with van der Waals surface area (Å²) in [5.74, 6) is 0. The van der Waals surface area contributed by atoms with Crippen LogP contribution < -0.4 is 4.90 Å². The summed E-state index contributed by atoms with van der Waals surface area (Å²) in [4.78, 5) is 2.48. The lowest BCUT2D eigenvalue weighted by atomic mass is 9.68. The summed E-state index contributed by atoms with van der Waals surface area (Å²) in [5.41, 5.74) is 20.5. The lowest BCUT2D eigenvalue weighted by Gasteiger charge is -2.35. The van der Waals surface area contributed by atoms with Crippen LogP contribution in [0.2, 0.25) is 0 Å². The normalized spacial score (nSPS) is 16.5. The van der Waals surface area contributed by atoms with Crippen molar-refractivity contribution in [2.24, 2.45) is 0 Å². The predicted octanol–water partition coefficient (Wildman–Crippen LogP) is 15.1. The molecule has 2 aliphatic rings. The molecule has 2 aliphatic carbocycles. The zero-order valence-corrected chi connectivity index (χ0v) is 34.5. The average molecular weight is 728 g/mol. The monoisotopic (exact) mass is 727 g/mol. The minimum Gasteiger partial charge on any atom is -0.310 e. The molecule has 0 aliphatic heterocycles. The van der Waals surface area contributed by atoms with E-state index >= 15 is 0 Å². The Kier molecular flexibility index (Phi) is 8.16. The van der Waals surface area contributed by atoms with Crippen molar-refractivity contribution in [3.8, 4) is 33.4 Å². The van der Waals surface area contributed by atoms with E-state index in [9.17, 15) is 0 Å². The van der Waals surface area contributed by atoms with Crippen LogP contribution in [0.25, 0.3) is 33.4 Å². The Hall–Kier alpha value is -5.66. The Labute approximate surface area is 334 Å². The van der Waals surface area contributed by atoms with E-state index in [0.29, 0.717) is 0 Å². The zero-order valence-electron chi connectivity index (χ0n) is 34.5. The Morgan fingerprint density at radius 1 is 0.411 bits per heavy atom. The molecule has 278 valence electrons. The van der Waals surface area contributed by atoms with E-state index in [0.717, 1.165) is 11.4 Å². The first-order valence-electron chi connectivity index (χ1n) is 20.3. The highest BCUT2D eigenvalue weighted by Gasteiger charge is 2.45. The molecule has 9 rings (SSSR count). The second kappa shape index (κ2) is 12.7. The minimum atomic E-state index is -0.310. The molecule has 0 heterocycles. The quantitative estimate of drug-likeness (QED) is 0.171. The molecule has 0 saturated carbocycles. The van der Waals surface area contributed by atoms with Gasteiger partial charge in [-0.05, 0) is 126 Å². The van der Waals surface area contributed by atoms with Crippen LogP contribution in [0.1, 0.15) is 101 Å². The molecule has 0 N–H and O–H groups in total. The van der Waals surface area contributed by atoms with E-state index in [-0.39, 0.29) is 21.7 Å². The maximum Gasteiger partial charge on any atom is 0.0468 e. The maximum absolute atomic E-state index is 2.51. The Morgan fingerprint density at radius 3 is 1.66 bits per heavy atom. The van der Waals surface area contributed by atoms with Crippen molar-refractivity contribution in [2.75, 3.05) is 4.90 Å². The molecule has 1 nitrogen and oxygen atoms in total. The van der Waals surface area contributed by atoms with Crippen LogP contribution in [0.4, 0.5) is 17.1 Å².